The second kappa shape index (κ2) is 6.67. The summed E-state index contributed by atoms with van der Waals surface area (Å²) in [5.41, 5.74) is 1.20. The number of ether oxygens (including phenoxy) is 1. The molecule has 1 heterocycles. The van der Waals surface area contributed by atoms with Crippen LogP contribution in [0.2, 0.25) is 0 Å². The van der Waals surface area contributed by atoms with Crippen molar-refractivity contribution in [3.63, 3.8) is 0 Å². The number of carbonyl (C=O) groups excluding carboxylic acids is 1. The fourth-order valence-corrected chi connectivity index (χ4v) is 2.79. The van der Waals surface area contributed by atoms with Crippen molar-refractivity contribution in [2.45, 2.75) is 19.8 Å². The van der Waals surface area contributed by atoms with Crippen molar-refractivity contribution >= 4 is 11.6 Å². The van der Waals surface area contributed by atoms with E-state index in [-0.39, 0.29) is 11.6 Å². The molecule has 6 nitrogen and oxygen atoms in total. The number of hydrogen-bond acceptors (Lipinski definition) is 4. The first kappa shape index (κ1) is 15.4. The van der Waals surface area contributed by atoms with E-state index >= 15 is 0 Å². The number of piperidine rings is 1. The van der Waals surface area contributed by atoms with Crippen LogP contribution in [0, 0.1) is 23.0 Å². The van der Waals surface area contributed by atoms with Gasteiger partial charge in [0.25, 0.3) is 11.6 Å². The van der Waals surface area contributed by atoms with Crippen LogP contribution in [-0.4, -0.2) is 42.5 Å². The SMILES string of the molecule is COC[C@@H]1CCCN(C(=O)c2ccc([N+](=O)[O-])cc2C)C1. The maximum Gasteiger partial charge on any atom is 0.269 e. The van der Waals surface area contributed by atoms with Crippen molar-refractivity contribution in [1.82, 2.24) is 4.90 Å². The first-order valence-corrected chi connectivity index (χ1v) is 7.06. The third-order valence-corrected chi connectivity index (χ3v) is 3.86. The first-order valence-electron chi connectivity index (χ1n) is 7.06. The van der Waals surface area contributed by atoms with Crippen molar-refractivity contribution in [1.29, 1.82) is 0 Å². The molecule has 21 heavy (non-hydrogen) atoms. The summed E-state index contributed by atoms with van der Waals surface area (Å²) in [4.78, 5) is 24.7. The number of rotatable bonds is 4. The zero-order valence-electron chi connectivity index (χ0n) is 12.4. The van der Waals surface area contributed by atoms with Crippen LogP contribution in [0.3, 0.4) is 0 Å². The second-order valence-corrected chi connectivity index (χ2v) is 5.47. The summed E-state index contributed by atoms with van der Waals surface area (Å²) in [6.45, 7) is 3.80. The molecular weight excluding hydrogens is 272 g/mol. The number of nitrogens with zero attached hydrogens (tertiary/aromatic N) is 2. The summed E-state index contributed by atoms with van der Waals surface area (Å²) >= 11 is 0. The highest BCUT2D eigenvalue weighted by Crippen LogP contribution is 2.22. The van der Waals surface area contributed by atoms with Crippen LogP contribution in [0.1, 0.15) is 28.8 Å². The number of carbonyl (C=O) groups is 1. The summed E-state index contributed by atoms with van der Waals surface area (Å²) in [5.74, 6) is 0.314. The minimum Gasteiger partial charge on any atom is -0.384 e. The van der Waals surface area contributed by atoms with Gasteiger partial charge in [-0.25, -0.2) is 0 Å². The maximum atomic E-state index is 12.6. The van der Waals surface area contributed by atoms with Crippen LogP contribution in [0.25, 0.3) is 0 Å². The highest BCUT2D eigenvalue weighted by molar-refractivity contribution is 5.96. The molecule has 0 radical (unpaired) electrons. The Morgan fingerprint density at radius 1 is 1.52 bits per heavy atom. The molecule has 1 aromatic rings. The number of non-ortho nitro benzene ring substituents is 1. The van der Waals surface area contributed by atoms with Gasteiger partial charge in [-0.1, -0.05) is 0 Å². The third-order valence-electron chi connectivity index (χ3n) is 3.86. The van der Waals surface area contributed by atoms with Crippen LogP contribution in [0.5, 0.6) is 0 Å². The molecular formula is C15H20N2O4. The van der Waals surface area contributed by atoms with E-state index in [1.165, 1.54) is 12.1 Å². The van der Waals surface area contributed by atoms with Gasteiger partial charge in [0.2, 0.25) is 0 Å². The van der Waals surface area contributed by atoms with Gasteiger partial charge in [-0.15, -0.1) is 0 Å². The number of amides is 1. The number of nitro groups is 1. The maximum absolute atomic E-state index is 12.6. The molecule has 0 bridgehead atoms. The van der Waals surface area contributed by atoms with E-state index in [1.807, 2.05) is 4.90 Å². The Morgan fingerprint density at radius 3 is 2.90 bits per heavy atom. The normalized spacial score (nSPS) is 18.6. The van der Waals surface area contributed by atoms with Crippen LogP contribution >= 0.6 is 0 Å². The average Bonchev–Trinajstić information content (AvgIpc) is 2.47. The van der Waals surface area contributed by atoms with Gasteiger partial charge in [0.15, 0.2) is 0 Å². The minimum atomic E-state index is -0.448. The molecule has 0 saturated carbocycles. The Hall–Kier alpha value is -1.95. The van der Waals surface area contributed by atoms with Gasteiger partial charge in [0.05, 0.1) is 11.5 Å². The van der Waals surface area contributed by atoms with E-state index in [0.717, 1.165) is 19.4 Å². The van der Waals surface area contributed by atoms with Crippen molar-refractivity contribution < 1.29 is 14.5 Å². The molecule has 0 aromatic heterocycles. The molecule has 1 saturated heterocycles. The molecule has 0 unspecified atom stereocenters. The molecule has 2 rings (SSSR count). The van der Waals surface area contributed by atoms with Gasteiger partial charge in [0, 0.05) is 37.9 Å². The smallest absolute Gasteiger partial charge is 0.269 e. The van der Waals surface area contributed by atoms with Crippen LogP contribution in [-0.2, 0) is 4.74 Å². The van der Waals surface area contributed by atoms with Gasteiger partial charge in [-0.3, -0.25) is 14.9 Å². The lowest BCUT2D eigenvalue weighted by molar-refractivity contribution is -0.384. The topological polar surface area (TPSA) is 72.7 Å². The molecule has 114 valence electrons. The van der Waals surface area contributed by atoms with Gasteiger partial charge < -0.3 is 9.64 Å². The minimum absolute atomic E-state index is 0.0138. The highest BCUT2D eigenvalue weighted by atomic mass is 16.6. The Balaban J connectivity index is 2.14. The van der Waals surface area contributed by atoms with Gasteiger partial charge in [-0.2, -0.15) is 0 Å². The number of nitro benzene ring substituents is 1. The lowest BCUT2D eigenvalue weighted by atomic mass is 9.97. The standard InChI is InChI=1S/C15H20N2O4/c1-11-8-13(17(19)20)5-6-14(11)15(18)16-7-3-4-12(9-16)10-21-2/h5-6,8,12H,3-4,7,9-10H2,1-2H3/t12-/m1/s1. The lowest BCUT2D eigenvalue weighted by Crippen LogP contribution is -2.41. The van der Waals surface area contributed by atoms with Crippen molar-refractivity contribution in [2.75, 3.05) is 26.8 Å². The monoisotopic (exact) mass is 292 g/mol. The Kier molecular flexibility index (Phi) is 4.90. The molecule has 1 amide bonds. The molecule has 0 N–H and O–H groups in total. The molecule has 6 heteroatoms. The Bertz CT molecular complexity index is 542. The summed E-state index contributed by atoms with van der Waals surface area (Å²) < 4.78 is 5.17. The Morgan fingerprint density at radius 2 is 2.29 bits per heavy atom. The molecule has 0 spiro atoms. The largest absolute Gasteiger partial charge is 0.384 e. The van der Waals surface area contributed by atoms with E-state index in [1.54, 1.807) is 20.1 Å². The molecule has 0 aliphatic carbocycles. The number of likely N-dealkylation sites (tertiary alicyclic amines) is 1. The summed E-state index contributed by atoms with van der Waals surface area (Å²) in [6, 6.07) is 4.39. The van der Waals surface area contributed by atoms with Crippen LogP contribution < -0.4 is 0 Å². The van der Waals surface area contributed by atoms with Crippen molar-refractivity contribution in [2.24, 2.45) is 5.92 Å². The van der Waals surface area contributed by atoms with E-state index < -0.39 is 4.92 Å². The highest BCUT2D eigenvalue weighted by Gasteiger charge is 2.25. The fourth-order valence-electron chi connectivity index (χ4n) is 2.79. The molecule has 1 aromatic carbocycles. The summed E-state index contributed by atoms with van der Waals surface area (Å²) in [7, 11) is 1.67. The second-order valence-electron chi connectivity index (χ2n) is 5.47. The average molecular weight is 292 g/mol. The van der Waals surface area contributed by atoms with E-state index in [2.05, 4.69) is 0 Å². The van der Waals surface area contributed by atoms with Crippen LogP contribution in [0.4, 0.5) is 5.69 Å². The number of hydrogen-bond donors (Lipinski definition) is 0. The zero-order valence-corrected chi connectivity index (χ0v) is 12.4. The molecule has 1 aliphatic heterocycles. The van der Waals surface area contributed by atoms with Gasteiger partial charge >= 0.3 is 0 Å². The Labute approximate surface area is 123 Å². The number of methoxy groups -OCH3 is 1. The van der Waals surface area contributed by atoms with Crippen molar-refractivity contribution in [3.05, 3.63) is 39.4 Å². The molecule has 1 fully saturated rings. The van der Waals surface area contributed by atoms with E-state index in [0.29, 0.717) is 30.2 Å². The lowest BCUT2D eigenvalue weighted by Gasteiger charge is -2.32. The van der Waals surface area contributed by atoms with E-state index in [9.17, 15) is 14.9 Å². The quantitative estimate of drug-likeness (QED) is 0.631. The third kappa shape index (κ3) is 3.58. The van der Waals surface area contributed by atoms with E-state index in [4.69, 9.17) is 4.74 Å². The molecule has 1 atom stereocenters. The summed E-state index contributed by atoms with van der Waals surface area (Å²) in [5, 5.41) is 10.7. The van der Waals surface area contributed by atoms with Gasteiger partial charge in [-0.05, 0) is 37.3 Å². The fraction of sp³-hybridized carbons (Fsp3) is 0.533. The predicted octanol–water partition coefficient (Wildman–Crippen LogP) is 2.40. The molecule has 1 aliphatic rings. The number of aryl methyl sites for hydroxylation is 1. The van der Waals surface area contributed by atoms with Gasteiger partial charge in [0.1, 0.15) is 0 Å². The number of benzene rings is 1. The predicted molar refractivity (Wildman–Crippen MR) is 78.3 cm³/mol. The summed E-state index contributed by atoms with van der Waals surface area (Å²) in [6.07, 6.45) is 2.03. The van der Waals surface area contributed by atoms with Crippen molar-refractivity contribution in [3.8, 4) is 0 Å². The first-order chi connectivity index (χ1) is 10.0. The van der Waals surface area contributed by atoms with Crippen LogP contribution in [0.15, 0.2) is 18.2 Å². The zero-order chi connectivity index (χ0) is 15.4.